The van der Waals surface area contributed by atoms with Gasteiger partial charge in [0.2, 0.25) is 0 Å². The minimum atomic E-state index is -0.262. The fourth-order valence-electron chi connectivity index (χ4n) is 1.44. The highest BCUT2D eigenvalue weighted by Gasteiger charge is 2.18. The summed E-state index contributed by atoms with van der Waals surface area (Å²) in [5, 5.41) is 5.30. The Morgan fingerprint density at radius 1 is 1.67 bits per heavy atom. The first-order chi connectivity index (χ1) is 7.19. The largest absolute Gasteiger partial charge is 0.468 e. The predicted octanol–water partition coefficient (Wildman–Crippen LogP) is 2.35. The fraction of sp³-hybridized carbons (Fsp3) is 0.545. The second-order valence-corrected chi connectivity index (χ2v) is 4.37. The molecule has 0 aliphatic rings. The van der Waals surface area contributed by atoms with E-state index in [9.17, 15) is 4.79 Å². The van der Waals surface area contributed by atoms with Crippen molar-refractivity contribution in [2.75, 3.05) is 7.11 Å². The summed E-state index contributed by atoms with van der Waals surface area (Å²) in [6.45, 7) is 3.92. The summed E-state index contributed by atoms with van der Waals surface area (Å²) in [5.74, 6) is -0.218. The number of thiophene rings is 1. The lowest BCUT2D eigenvalue weighted by Crippen LogP contribution is -2.37. The van der Waals surface area contributed by atoms with Gasteiger partial charge in [-0.2, -0.15) is 0 Å². The van der Waals surface area contributed by atoms with E-state index >= 15 is 0 Å². The van der Waals surface area contributed by atoms with Crippen LogP contribution in [0, 0.1) is 0 Å². The zero-order valence-corrected chi connectivity index (χ0v) is 10.1. The molecule has 4 heteroatoms. The predicted molar refractivity (Wildman–Crippen MR) is 62.0 cm³/mol. The standard InChI is InChI=1S/C11H17NO2S/c1-4-9(10-6-5-7-15-10)12-8(2)11(13)14-3/h5-9,12H,4H2,1-3H3/t8-,9?/m0/s1. The average molecular weight is 227 g/mol. The molecule has 1 unspecified atom stereocenters. The zero-order valence-electron chi connectivity index (χ0n) is 9.32. The van der Waals surface area contributed by atoms with Crippen molar-refractivity contribution in [3.05, 3.63) is 22.4 Å². The van der Waals surface area contributed by atoms with Crippen LogP contribution in [-0.2, 0) is 9.53 Å². The normalized spacial score (nSPS) is 14.6. The smallest absolute Gasteiger partial charge is 0.322 e. The zero-order chi connectivity index (χ0) is 11.3. The van der Waals surface area contributed by atoms with Gasteiger partial charge >= 0.3 is 5.97 Å². The third-order valence-electron chi connectivity index (χ3n) is 2.30. The lowest BCUT2D eigenvalue weighted by Gasteiger charge is -2.19. The monoisotopic (exact) mass is 227 g/mol. The Balaban J connectivity index is 2.58. The number of carbonyl (C=O) groups is 1. The van der Waals surface area contributed by atoms with E-state index in [0.717, 1.165) is 6.42 Å². The van der Waals surface area contributed by atoms with Crippen molar-refractivity contribution in [1.82, 2.24) is 5.32 Å². The summed E-state index contributed by atoms with van der Waals surface area (Å²) >= 11 is 1.70. The maximum atomic E-state index is 11.3. The molecular formula is C11H17NO2S. The van der Waals surface area contributed by atoms with E-state index in [2.05, 4.69) is 23.0 Å². The number of carbonyl (C=O) groups excluding carboxylic acids is 1. The van der Waals surface area contributed by atoms with Crippen molar-refractivity contribution in [1.29, 1.82) is 0 Å². The van der Waals surface area contributed by atoms with Crippen LogP contribution in [0.1, 0.15) is 31.2 Å². The first-order valence-corrected chi connectivity index (χ1v) is 5.94. The van der Waals surface area contributed by atoms with E-state index in [1.54, 1.807) is 11.3 Å². The molecule has 0 bridgehead atoms. The molecule has 0 spiro atoms. The van der Waals surface area contributed by atoms with E-state index in [1.165, 1.54) is 12.0 Å². The Morgan fingerprint density at radius 3 is 2.87 bits per heavy atom. The Kier molecular flexibility index (Phi) is 4.78. The molecule has 1 aromatic rings. The van der Waals surface area contributed by atoms with Crippen LogP contribution in [0.5, 0.6) is 0 Å². The van der Waals surface area contributed by atoms with Crippen molar-refractivity contribution in [3.8, 4) is 0 Å². The van der Waals surface area contributed by atoms with Crippen LogP contribution >= 0.6 is 11.3 Å². The van der Waals surface area contributed by atoms with E-state index in [4.69, 9.17) is 0 Å². The third-order valence-corrected chi connectivity index (χ3v) is 3.29. The van der Waals surface area contributed by atoms with Gasteiger partial charge in [-0.25, -0.2) is 0 Å². The second-order valence-electron chi connectivity index (χ2n) is 3.39. The Morgan fingerprint density at radius 2 is 2.40 bits per heavy atom. The molecule has 1 heterocycles. The second kappa shape index (κ2) is 5.88. The minimum Gasteiger partial charge on any atom is -0.468 e. The Bertz CT molecular complexity index is 298. The molecule has 1 aromatic heterocycles. The summed E-state index contributed by atoms with van der Waals surface area (Å²) in [5.41, 5.74) is 0. The Hall–Kier alpha value is -0.870. The number of ether oxygens (including phenoxy) is 1. The van der Waals surface area contributed by atoms with Crippen molar-refractivity contribution in [3.63, 3.8) is 0 Å². The molecule has 0 amide bonds. The summed E-state index contributed by atoms with van der Waals surface area (Å²) in [6.07, 6.45) is 0.960. The molecule has 0 saturated carbocycles. The van der Waals surface area contributed by atoms with Crippen LogP contribution < -0.4 is 5.32 Å². The van der Waals surface area contributed by atoms with Crippen molar-refractivity contribution in [2.45, 2.75) is 32.4 Å². The van der Waals surface area contributed by atoms with Gasteiger partial charge in [0, 0.05) is 10.9 Å². The number of nitrogens with one attached hydrogen (secondary N) is 1. The molecule has 2 atom stereocenters. The van der Waals surface area contributed by atoms with Crippen LogP contribution in [0.25, 0.3) is 0 Å². The van der Waals surface area contributed by atoms with E-state index in [0.29, 0.717) is 0 Å². The summed E-state index contributed by atoms with van der Waals surface area (Å²) in [7, 11) is 1.41. The highest BCUT2D eigenvalue weighted by molar-refractivity contribution is 7.10. The van der Waals surface area contributed by atoms with E-state index < -0.39 is 0 Å². The van der Waals surface area contributed by atoms with Crippen LogP contribution in [0.4, 0.5) is 0 Å². The molecule has 0 aliphatic carbocycles. The molecule has 3 nitrogen and oxygen atoms in total. The van der Waals surface area contributed by atoms with Gasteiger partial charge in [0.25, 0.3) is 0 Å². The quantitative estimate of drug-likeness (QED) is 0.785. The third kappa shape index (κ3) is 3.32. The molecule has 84 valence electrons. The van der Waals surface area contributed by atoms with Gasteiger partial charge in [-0.1, -0.05) is 13.0 Å². The van der Waals surface area contributed by atoms with Crippen molar-refractivity contribution < 1.29 is 9.53 Å². The number of rotatable bonds is 5. The molecule has 0 aromatic carbocycles. The van der Waals surface area contributed by atoms with Crippen LogP contribution in [0.15, 0.2) is 17.5 Å². The van der Waals surface area contributed by atoms with Gasteiger partial charge in [-0.15, -0.1) is 11.3 Å². The first kappa shape index (κ1) is 12.2. The summed E-state index contributed by atoms with van der Waals surface area (Å²) in [4.78, 5) is 12.5. The van der Waals surface area contributed by atoms with Gasteiger partial charge in [0.1, 0.15) is 6.04 Å². The molecule has 0 radical (unpaired) electrons. The maximum absolute atomic E-state index is 11.3. The maximum Gasteiger partial charge on any atom is 0.322 e. The molecule has 0 aliphatic heterocycles. The highest BCUT2D eigenvalue weighted by atomic mass is 32.1. The number of methoxy groups -OCH3 is 1. The van der Waals surface area contributed by atoms with E-state index in [1.807, 2.05) is 18.4 Å². The number of hydrogen-bond acceptors (Lipinski definition) is 4. The van der Waals surface area contributed by atoms with Gasteiger partial charge in [0.15, 0.2) is 0 Å². The van der Waals surface area contributed by atoms with Crippen LogP contribution in [0.2, 0.25) is 0 Å². The lowest BCUT2D eigenvalue weighted by atomic mass is 10.1. The van der Waals surface area contributed by atoms with E-state index in [-0.39, 0.29) is 18.1 Å². The Labute approximate surface area is 94.5 Å². The van der Waals surface area contributed by atoms with Crippen LogP contribution in [0.3, 0.4) is 0 Å². The van der Waals surface area contributed by atoms with Gasteiger partial charge in [0.05, 0.1) is 7.11 Å². The molecule has 1 N–H and O–H groups in total. The SMILES string of the molecule is CCC(N[C@@H](C)C(=O)OC)c1cccs1. The first-order valence-electron chi connectivity index (χ1n) is 5.06. The number of esters is 1. The molecule has 1 rings (SSSR count). The fourth-order valence-corrected chi connectivity index (χ4v) is 2.31. The minimum absolute atomic E-state index is 0.218. The van der Waals surface area contributed by atoms with Gasteiger partial charge in [-0.3, -0.25) is 10.1 Å². The molecule has 15 heavy (non-hydrogen) atoms. The summed E-state index contributed by atoms with van der Waals surface area (Å²) in [6, 6.07) is 4.07. The molecular weight excluding hydrogens is 210 g/mol. The summed E-state index contributed by atoms with van der Waals surface area (Å²) < 4.78 is 4.68. The van der Waals surface area contributed by atoms with Crippen molar-refractivity contribution >= 4 is 17.3 Å². The number of hydrogen-bond donors (Lipinski definition) is 1. The average Bonchev–Trinajstić information content (AvgIpc) is 2.77. The topological polar surface area (TPSA) is 38.3 Å². The van der Waals surface area contributed by atoms with Crippen LogP contribution in [-0.4, -0.2) is 19.1 Å². The van der Waals surface area contributed by atoms with Crippen molar-refractivity contribution in [2.24, 2.45) is 0 Å². The molecule has 0 fully saturated rings. The van der Waals surface area contributed by atoms with Gasteiger partial charge < -0.3 is 4.74 Å². The highest BCUT2D eigenvalue weighted by Crippen LogP contribution is 2.22. The van der Waals surface area contributed by atoms with Gasteiger partial charge in [-0.05, 0) is 24.8 Å². The molecule has 0 saturated heterocycles. The lowest BCUT2D eigenvalue weighted by molar-refractivity contribution is -0.142.